The molecule has 0 N–H and O–H groups in total. The van der Waals surface area contributed by atoms with Crippen molar-refractivity contribution in [2.45, 2.75) is 0 Å². The Morgan fingerprint density at radius 1 is 1.05 bits per heavy atom. The highest BCUT2D eigenvalue weighted by atomic mass is 127. The lowest BCUT2D eigenvalue weighted by Crippen LogP contribution is -2.24. The van der Waals surface area contributed by atoms with Crippen LogP contribution in [0.1, 0.15) is 0 Å². The zero-order chi connectivity index (χ0) is 15.4. The summed E-state index contributed by atoms with van der Waals surface area (Å²) >= 11 is 1.25. The molecule has 0 bridgehead atoms. The minimum Gasteiger partial charge on any atom is -0.378 e. The Kier molecular flexibility index (Phi) is 5.57. The molecular formula is C13H19IN6S. The summed E-state index contributed by atoms with van der Waals surface area (Å²) in [5.74, 6) is 0. The van der Waals surface area contributed by atoms with E-state index in [-0.39, 0.29) is 21.0 Å². The zero-order valence-corrected chi connectivity index (χ0v) is 15.8. The third kappa shape index (κ3) is 4.67. The van der Waals surface area contributed by atoms with Crippen molar-refractivity contribution < 1.29 is 0 Å². The Balaban J connectivity index is 2.07. The van der Waals surface area contributed by atoms with Gasteiger partial charge in [-0.3, -0.25) is 0 Å². The van der Waals surface area contributed by atoms with Crippen LogP contribution < -0.4 is 4.90 Å². The highest BCUT2D eigenvalue weighted by molar-refractivity contribution is 14.2. The van der Waals surface area contributed by atoms with Crippen molar-refractivity contribution in [3.63, 3.8) is 0 Å². The summed E-state index contributed by atoms with van der Waals surface area (Å²) in [6.45, 7) is 0. The average Bonchev–Trinajstić information content (AvgIpc) is 2.45. The van der Waals surface area contributed by atoms with Crippen LogP contribution in [0.25, 0.3) is 0 Å². The van der Waals surface area contributed by atoms with Gasteiger partial charge in [-0.2, -0.15) is 0 Å². The molecule has 1 aromatic carbocycles. The molecule has 0 spiro atoms. The number of anilines is 1. The molecule has 2 rings (SSSR count). The van der Waals surface area contributed by atoms with E-state index < -0.39 is 0 Å². The number of halogens is 1. The Morgan fingerprint density at radius 3 is 2.29 bits per heavy atom. The van der Waals surface area contributed by atoms with Crippen molar-refractivity contribution in [3.05, 3.63) is 24.3 Å². The predicted octanol–water partition coefficient (Wildman–Crippen LogP) is 3.32. The first-order valence-corrected chi connectivity index (χ1v) is 9.20. The van der Waals surface area contributed by atoms with Gasteiger partial charge in [-0.1, -0.05) is 0 Å². The van der Waals surface area contributed by atoms with Gasteiger partial charge in [-0.05, 0) is 36.0 Å². The van der Waals surface area contributed by atoms with Crippen LogP contribution in [0.4, 0.5) is 11.4 Å². The van der Waals surface area contributed by atoms with Gasteiger partial charge in [-0.15, -0.1) is 15.3 Å². The van der Waals surface area contributed by atoms with Crippen LogP contribution in [0.2, 0.25) is 0 Å². The van der Waals surface area contributed by atoms with Gasteiger partial charge < -0.3 is 9.80 Å². The van der Waals surface area contributed by atoms with Gasteiger partial charge in [0, 0.05) is 40.9 Å². The topological polar surface area (TPSA) is 46.8 Å². The summed E-state index contributed by atoms with van der Waals surface area (Å²) < 4.78 is 3.03. The molecule has 0 amide bonds. The number of amidine groups is 1. The number of hydrazone groups is 1. The van der Waals surface area contributed by atoms with Crippen molar-refractivity contribution >= 4 is 52.3 Å². The van der Waals surface area contributed by atoms with Crippen LogP contribution >= 0.6 is 32.8 Å². The minimum absolute atomic E-state index is 0.352. The second-order valence-electron chi connectivity index (χ2n) is 4.77. The van der Waals surface area contributed by atoms with E-state index >= 15 is 0 Å². The first kappa shape index (κ1) is 16.2. The molecule has 0 atom stereocenters. The Labute approximate surface area is 140 Å². The van der Waals surface area contributed by atoms with Crippen LogP contribution in [0.5, 0.6) is 0 Å². The molecule has 6 nitrogen and oxygen atoms in total. The molecule has 0 fully saturated rings. The second-order valence-corrected chi connectivity index (χ2v) is 9.36. The highest BCUT2D eigenvalue weighted by Crippen LogP contribution is 2.27. The van der Waals surface area contributed by atoms with E-state index in [4.69, 9.17) is 0 Å². The van der Waals surface area contributed by atoms with Crippen LogP contribution in [0, 0.1) is 0 Å². The summed E-state index contributed by atoms with van der Waals surface area (Å²) in [6, 6.07) is 8.05. The monoisotopic (exact) mass is 418 g/mol. The number of hydrogen-bond donors (Lipinski definition) is 0. The molecule has 1 heterocycles. The summed E-state index contributed by atoms with van der Waals surface area (Å²) in [7, 11) is 9.99. The Hall–Kier alpha value is -1.16. The molecule has 0 aliphatic carbocycles. The lowest BCUT2D eigenvalue weighted by Gasteiger charge is -2.20. The smallest absolute Gasteiger partial charge is 0.190 e. The van der Waals surface area contributed by atoms with Gasteiger partial charge in [0.2, 0.25) is 0 Å². The van der Waals surface area contributed by atoms with E-state index in [1.165, 1.54) is 0 Å². The maximum absolute atomic E-state index is 4.48. The zero-order valence-electron chi connectivity index (χ0n) is 12.8. The molecule has 1 aromatic rings. The van der Waals surface area contributed by atoms with Crippen molar-refractivity contribution in [3.8, 4) is 0 Å². The Bertz CT molecular complexity index is 579. The molecule has 0 radical (unpaired) electrons. The fourth-order valence-electron chi connectivity index (χ4n) is 1.49. The van der Waals surface area contributed by atoms with Gasteiger partial charge >= 0.3 is 0 Å². The molecule has 8 heteroatoms. The van der Waals surface area contributed by atoms with E-state index in [2.05, 4.69) is 20.2 Å². The van der Waals surface area contributed by atoms with Crippen molar-refractivity contribution in [1.29, 1.82) is 0 Å². The highest BCUT2D eigenvalue weighted by Gasteiger charge is 2.15. The molecule has 0 saturated carbocycles. The van der Waals surface area contributed by atoms with Crippen LogP contribution in [0.15, 0.2) is 39.6 Å². The fraction of sp³-hybridized carbons (Fsp3) is 0.385. The average molecular weight is 418 g/mol. The van der Waals surface area contributed by atoms with Crippen molar-refractivity contribution in [2.24, 2.45) is 15.3 Å². The van der Waals surface area contributed by atoms with Crippen molar-refractivity contribution in [2.75, 3.05) is 40.1 Å². The van der Waals surface area contributed by atoms with Gasteiger partial charge in [0.05, 0.1) is 26.7 Å². The molecule has 0 aromatic heterocycles. The first-order chi connectivity index (χ1) is 9.95. The van der Waals surface area contributed by atoms with Gasteiger partial charge in [0.25, 0.3) is 0 Å². The molecule has 1 aliphatic heterocycles. The van der Waals surface area contributed by atoms with E-state index in [0.29, 0.717) is 0 Å². The Morgan fingerprint density at radius 2 is 1.71 bits per heavy atom. The summed E-state index contributed by atoms with van der Waals surface area (Å²) in [5, 5.41) is 14.2. The maximum atomic E-state index is 4.48. The van der Waals surface area contributed by atoms with Crippen LogP contribution in [-0.4, -0.2) is 51.5 Å². The number of benzene rings is 1. The summed E-state index contributed by atoms with van der Waals surface area (Å²) in [6.07, 6.45) is 0. The number of nitrogens with zero attached hydrogens (tertiary/aromatic N) is 6. The molecular weight excluding hydrogens is 399 g/mol. The fourth-order valence-corrected chi connectivity index (χ4v) is 4.92. The molecule has 21 heavy (non-hydrogen) atoms. The largest absolute Gasteiger partial charge is 0.378 e. The lowest BCUT2D eigenvalue weighted by molar-refractivity contribution is 0.592. The van der Waals surface area contributed by atoms with Gasteiger partial charge in [-0.25, -0.2) is 3.22 Å². The molecule has 1 aliphatic rings. The minimum atomic E-state index is -0.352. The third-order valence-corrected chi connectivity index (χ3v) is 6.13. The summed E-state index contributed by atoms with van der Waals surface area (Å²) in [5.41, 5.74) is 2.03. The standard InChI is InChI=1S/C13H19IN6S/c1-18(2)11-8-6-10(7-9-11)15-16-12-14-20(5)17-13(21-12)19(3)4/h6-9H,1-5H3. The van der Waals surface area contributed by atoms with Gasteiger partial charge in [0.1, 0.15) is 0 Å². The van der Waals surface area contributed by atoms with E-state index in [1.807, 2.05) is 67.6 Å². The quantitative estimate of drug-likeness (QED) is 0.429. The first-order valence-electron chi connectivity index (χ1n) is 6.34. The predicted molar refractivity (Wildman–Crippen MR) is 101 cm³/mol. The molecule has 0 unspecified atom stereocenters. The van der Waals surface area contributed by atoms with Crippen LogP contribution in [0.3, 0.4) is 0 Å². The van der Waals surface area contributed by atoms with Gasteiger partial charge in [0.15, 0.2) is 8.13 Å². The number of rotatable bonds is 3. The molecule has 114 valence electrons. The third-order valence-electron chi connectivity index (χ3n) is 2.59. The summed E-state index contributed by atoms with van der Waals surface area (Å²) in [4.78, 5) is 4.05. The maximum Gasteiger partial charge on any atom is 0.190 e. The van der Waals surface area contributed by atoms with Crippen LogP contribution in [-0.2, 0) is 0 Å². The number of thioether (sulfide) groups is 1. The number of azo groups is 1. The normalized spacial score (nSPS) is 15.4. The second kappa shape index (κ2) is 7.21. The SMILES string of the molecule is CN1N=C(N(C)C)SC(N=Nc2ccc(N(C)C)cc2)=I1. The van der Waals surface area contributed by atoms with E-state index in [9.17, 15) is 0 Å². The van der Waals surface area contributed by atoms with Crippen molar-refractivity contribution in [1.82, 2.24) is 8.12 Å². The lowest BCUT2D eigenvalue weighted by atomic mass is 10.3. The molecule has 0 saturated heterocycles. The van der Waals surface area contributed by atoms with E-state index in [0.717, 1.165) is 19.5 Å². The van der Waals surface area contributed by atoms with E-state index in [1.54, 1.807) is 11.8 Å². The number of hydrogen-bond acceptors (Lipinski definition) is 7.